The van der Waals surface area contributed by atoms with Gasteiger partial charge in [-0.1, -0.05) is 43.2 Å². The quantitative estimate of drug-likeness (QED) is 0.123. The predicted octanol–water partition coefficient (Wildman–Crippen LogP) is 5.07. The average Bonchev–Trinajstić information content (AvgIpc) is 3.67. The number of carbonyl (C=O) groups is 3. The third-order valence-electron chi connectivity index (χ3n) is 6.11. The summed E-state index contributed by atoms with van der Waals surface area (Å²) < 4.78 is 21.3. The number of aryl methyl sites for hydroxylation is 1. The molecule has 2 aromatic carbocycles. The summed E-state index contributed by atoms with van der Waals surface area (Å²) in [5.41, 5.74) is 1.97. The number of Topliss-reactive ketones (excluding diaryl/α,β-unsaturated/α-hetero) is 1. The Bertz CT molecular complexity index is 1390. The summed E-state index contributed by atoms with van der Waals surface area (Å²) >= 11 is 0. The Kier molecular flexibility index (Phi) is 10.2. The number of hydrogen-bond acceptors (Lipinski definition) is 9. The highest BCUT2D eigenvalue weighted by molar-refractivity contribution is 6.36. The van der Waals surface area contributed by atoms with E-state index in [1.807, 2.05) is 18.2 Å². The highest BCUT2D eigenvalue weighted by Gasteiger charge is 2.15. The maximum Gasteiger partial charge on any atom is 0.373 e. The van der Waals surface area contributed by atoms with E-state index in [-0.39, 0.29) is 37.1 Å². The lowest BCUT2D eigenvalue weighted by Gasteiger charge is -2.04. The Hall–Kier alpha value is -4.73. The fraction of sp³-hybridized carbons (Fsp3) is 0.300. The van der Waals surface area contributed by atoms with Crippen molar-refractivity contribution in [3.63, 3.8) is 0 Å². The summed E-state index contributed by atoms with van der Waals surface area (Å²) in [5, 5.41) is 10.5. The Morgan fingerprint density at radius 1 is 0.850 bits per heavy atom. The molecule has 0 saturated carbocycles. The molecule has 2 heterocycles. The van der Waals surface area contributed by atoms with Crippen molar-refractivity contribution in [2.45, 2.75) is 51.7 Å². The second-order valence-electron chi connectivity index (χ2n) is 9.08. The number of ether oxygens (including phenoxy) is 2. The molecule has 0 radical (unpaired) electrons. The van der Waals surface area contributed by atoms with Crippen molar-refractivity contribution >= 4 is 17.7 Å². The van der Waals surface area contributed by atoms with Gasteiger partial charge in [0, 0.05) is 12.0 Å². The summed E-state index contributed by atoms with van der Waals surface area (Å²) in [5.74, 6) is -0.0408. The van der Waals surface area contributed by atoms with Crippen LogP contribution in [0.15, 0.2) is 75.6 Å². The largest absolute Gasteiger partial charge is 0.486 e. The third-order valence-corrected chi connectivity index (χ3v) is 6.11. The van der Waals surface area contributed by atoms with Crippen molar-refractivity contribution in [2.24, 2.45) is 0 Å². The molecule has 4 rings (SSSR count). The van der Waals surface area contributed by atoms with Crippen molar-refractivity contribution in [3.05, 3.63) is 89.7 Å². The summed E-state index contributed by atoms with van der Waals surface area (Å²) in [6.45, 7) is 0.0975. The number of esters is 1. The molecule has 0 fully saturated rings. The van der Waals surface area contributed by atoms with Crippen molar-refractivity contribution in [1.82, 2.24) is 15.5 Å². The Balaban J connectivity index is 1.14. The summed E-state index contributed by atoms with van der Waals surface area (Å²) in [6.07, 6.45) is 4.90. The first-order chi connectivity index (χ1) is 19.5. The lowest BCUT2D eigenvalue weighted by molar-refractivity contribution is -0.138. The van der Waals surface area contributed by atoms with E-state index >= 15 is 0 Å². The van der Waals surface area contributed by atoms with E-state index in [0.29, 0.717) is 23.5 Å². The molecular weight excluding hydrogens is 514 g/mol. The van der Waals surface area contributed by atoms with Gasteiger partial charge in [0.1, 0.15) is 18.1 Å². The minimum Gasteiger partial charge on any atom is -0.486 e. The topological polar surface area (TPSA) is 134 Å². The number of rotatable bonds is 15. The monoisotopic (exact) mass is 545 g/mol. The number of hydrogen-bond donors (Lipinski definition) is 1. The number of nitrogens with zero attached hydrogens (tertiary/aromatic N) is 2. The van der Waals surface area contributed by atoms with E-state index < -0.39 is 17.7 Å². The lowest BCUT2D eigenvalue weighted by atomic mass is 10.0. The van der Waals surface area contributed by atoms with Gasteiger partial charge < -0.3 is 23.6 Å². The van der Waals surface area contributed by atoms with Crippen molar-refractivity contribution < 1.29 is 32.7 Å². The van der Waals surface area contributed by atoms with E-state index in [1.54, 1.807) is 30.3 Å². The number of unbranched alkanes of at least 4 members (excludes halogenated alkanes) is 3. The van der Waals surface area contributed by atoms with Gasteiger partial charge in [-0.05, 0) is 61.2 Å². The van der Waals surface area contributed by atoms with Crippen LogP contribution in [-0.4, -0.2) is 35.0 Å². The zero-order valence-corrected chi connectivity index (χ0v) is 22.3. The Morgan fingerprint density at radius 2 is 1.62 bits per heavy atom. The molecule has 4 aromatic rings. The van der Waals surface area contributed by atoms with E-state index in [4.69, 9.17) is 13.6 Å². The standard InChI is InChI=1S/C30H31N3O7/c1-37-30(36)26-18-17-24(39-26)20-38-23-15-13-22(14-16-23)29-33-32-27(40-29)19-31-28(35)25(34)12-8-3-2-5-9-21-10-6-4-7-11-21/h4,6-7,10-11,13-18H,2-3,5,8-9,12,19-20H2,1H3,(H,31,35). The van der Waals surface area contributed by atoms with Crippen LogP contribution < -0.4 is 10.1 Å². The lowest BCUT2D eigenvalue weighted by Crippen LogP contribution is -2.30. The van der Waals surface area contributed by atoms with Crippen molar-refractivity contribution in [3.8, 4) is 17.2 Å². The highest BCUT2D eigenvalue weighted by Crippen LogP contribution is 2.22. The SMILES string of the molecule is COC(=O)c1ccc(COc2ccc(-c3nnc(CNC(=O)C(=O)CCCCCCc4ccccc4)o3)cc2)o1. The number of furan rings is 1. The highest BCUT2D eigenvalue weighted by atomic mass is 16.5. The van der Waals surface area contributed by atoms with Crippen LogP contribution in [0.3, 0.4) is 0 Å². The second kappa shape index (κ2) is 14.4. The molecule has 0 bridgehead atoms. The van der Waals surface area contributed by atoms with E-state index in [2.05, 4.69) is 32.4 Å². The van der Waals surface area contributed by atoms with Crippen molar-refractivity contribution in [2.75, 3.05) is 7.11 Å². The maximum atomic E-state index is 12.2. The first-order valence-electron chi connectivity index (χ1n) is 13.1. The minimum absolute atomic E-state index is 0.0352. The maximum absolute atomic E-state index is 12.2. The number of nitrogens with one attached hydrogen (secondary N) is 1. The summed E-state index contributed by atoms with van der Waals surface area (Å²) in [7, 11) is 1.28. The smallest absolute Gasteiger partial charge is 0.373 e. The average molecular weight is 546 g/mol. The van der Waals surface area contributed by atoms with Crippen LogP contribution in [-0.2, 0) is 33.9 Å². The van der Waals surface area contributed by atoms with Gasteiger partial charge in [-0.25, -0.2) is 4.79 Å². The van der Waals surface area contributed by atoms with Crippen LogP contribution >= 0.6 is 0 Å². The molecule has 10 nitrogen and oxygen atoms in total. The molecule has 1 amide bonds. The van der Waals surface area contributed by atoms with Gasteiger partial charge in [0.05, 0.1) is 13.7 Å². The molecule has 0 atom stereocenters. The van der Waals surface area contributed by atoms with Crippen LogP contribution in [0.5, 0.6) is 5.75 Å². The van der Waals surface area contributed by atoms with Gasteiger partial charge in [0.2, 0.25) is 23.3 Å². The van der Waals surface area contributed by atoms with Crippen LogP contribution in [0, 0.1) is 0 Å². The van der Waals surface area contributed by atoms with Gasteiger partial charge >= 0.3 is 5.97 Å². The number of benzene rings is 2. The molecule has 0 spiro atoms. The first-order valence-corrected chi connectivity index (χ1v) is 13.1. The third kappa shape index (κ3) is 8.39. The molecule has 0 unspecified atom stereocenters. The predicted molar refractivity (Wildman–Crippen MR) is 144 cm³/mol. The van der Waals surface area contributed by atoms with Gasteiger partial charge in [-0.15, -0.1) is 10.2 Å². The fourth-order valence-corrected chi connectivity index (χ4v) is 3.94. The Labute approximate surface area is 231 Å². The molecule has 208 valence electrons. The van der Waals surface area contributed by atoms with Gasteiger partial charge in [-0.3, -0.25) is 9.59 Å². The first kappa shape index (κ1) is 28.3. The summed E-state index contributed by atoms with van der Waals surface area (Å²) in [4.78, 5) is 35.8. The zero-order chi connectivity index (χ0) is 28.2. The zero-order valence-electron chi connectivity index (χ0n) is 22.3. The van der Waals surface area contributed by atoms with E-state index in [9.17, 15) is 14.4 Å². The van der Waals surface area contributed by atoms with Gasteiger partial charge in [0.15, 0.2) is 0 Å². The molecule has 2 aromatic heterocycles. The number of amides is 1. The second-order valence-corrected chi connectivity index (χ2v) is 9.08. The molecule has 1 N–H and O–H groups in total. The summed E-state index contributed by atoms with van der Waals surface area (Å²) in [6, 6.07) is 20.4. The minimum atomic E-state index is -0.652. The van der Waals surface area contributed by atoms with Crippen LogP contribution in [0.4, 0.5) is 0 Å². The molecular formula is C30H31N3O7. The van der Waals surface area contributed by atoms with Gasteiger partial charge in [0.25, 0.3) is 5.91 Å². The van der Waals surface area contributed by atoms with E-state index in [1.165, 1.54) is 18.7 Å². The molecule has 40 heavy (non-hydrogen) atoms. The van der Waals surface area contributed by atoms with Crippen LogP contribution in [0.2, 0.25) is 0 Å². The molecule has 0 saturated heterocycles. The van der Waals surface area contributed by atoms with Crippen molar-refractivity contribution in [1.29, 1.82) is 0 Å². The van der Waals surface area contributed by atoms with E-state index in [0.717, 1.165) is 25.7 Å². The molecule has 0 aliphatic heterocycles. The molecule has 10 heteroatoms. The van der Waals surface area contributed by atoms with Crippen LogP contribution in [0.25, 0.3) is 11.5 Å². The number of carbonyl (C=O) groups excluding carboxylic acids is 3. The number of methoxy groups -OCH3 is 1. The fourth-order valence-electron chi connectivity index (χ4n) is 3.94. The van der Waals surface area contributed by atoms with Crippen LogP contribution in [0.1, 0.15) is 59.9 Å². The van der Waals surface area contributed by atoms with Gasteiger partial charge in [-0.2, -0.15) is 0 Å². The molecule has 0 aliphatic rings. The number of ketones is 1. The normalized spacial score (nSPS) is 10.7. The molecule has 0 aliphatic carbocycles. The Morgan fingerprint density at radius 3 is 2.40 bits per heavy atom. The number of aromatic nitrogens is 2.